The number of imide groups is 1. The average molecular weight is 301 g/mol. The van der Waals surface area contributed by atoms with Gasteiger partial charge in [-0.2, -0.15) is 0 Å². The number of nitrogens with zero attached hydrogens (tertiary/aromatic N) is 2. The summed E-state index contributed by atoms with van der Waals surface area (Å²) in [7, 11) is 0. The van der Waals surface area contributed by atoms with Gasteiger partial charge in [0.05, 0.1) is 13.1 Å². The van der Waals surface area contributed by atoms with E-state index in [-0.39, 0.29) is 30.9 Å². The maximum atomic E-state index is 12.4. The van der Waals surface area contributed by atoms with Crippen molar-refractivity contribution in [3.8, 4) is 0 Å². The number of urea groups is 1. The van der Waals surface area contributed by atoms with E-state index in [0.717, 1.165) is 31.5 Å². The number of amides is 4. The molecule has 1 aromatic carbocycles. The molecular weight excluding hydrogens is 282 g/mol. The van der Waals surface area contributed by atoms with Crippen molar-refractivity contribution >= 4 is 17.8 Å². The summed E-state index contributed by atoms with van der Waals surface area (Å²) >= 11 is 0. The number of hydrogen-bond acceptors (Lipinski definition) is 3. The Balaban J connectivity index is 1.66. The third kappa shape index (κ3) is 2.95. The minimum absolute atomic E-state index is 0.0567. The van der Waals surface area contributed by atoms with Gasteiger partial charge in [0.2, 0.25) is 5.91 Å². The summed E-state index contributed by atoms with van der Waals surface area (Å²) in [6, 6.07) is 6.78. The van der Waals surface area contributed by atoms with E-state index in [4.69, 9.17) is 0 Å². The van der Waals surface area contributed by atoms with Crippen molar-refractivity contribution in [1.82, 2.24) is 15.1 Å². The van der Waals surface area contributed by atoms with E-state index in [9.17, 15) is 14.4 Å². The molecule has 1 N–H and O–H groups in total. The number of carbonyl (C=O) groups excluding carboxylic acids is 3. The van der Waals surface area contributed by atoms with Gasteiger partial charge in [0.25, 0.3) is 5.91 Å². The molecule has 0 aromatic heterocycles. The predicted molar refractivity (Wildman–Crippen MR) is 80.1 cm³/mol. The SMILES string of the molecule is O=C(c1ccc(CN2C(=O)CNC2=O)cc1)N1CCCCC1. The Hall–Kier alpha value is -2.37. The molecule has 0 unspecified atom stereocenters. The Labute approximate surface area is 129 Å². The van der Waals surface area contributed by atoms with Gasteiger partial charge in [-0.25, -0.2) is 4.79 Å². The second kappa shape index (κ2) is 6.17. The fourth-order valence-electron chi connectivity index (χ4n) is 2.83. The second-order valence-electron chi connectivity index (χ2n) is 5.69. The van der Waals surface area contributed by atoms with Crippen LogP contribution in [-0.4, -0.2) is 47.3 Å². The number of hydrogen-bond donors (Lipinski definition) is 1. The van der Waals surface area contributed by atoms with E-state index in [1.807, 2.05) is 4.90 Å². The van der Waals surface area contributed by atoms with Crippen molar-refractivity contribution in [3.05, 3.63) is 35.4 Å². The van der Waals surface area contributed by atoms with Crippen LogP contribution in [0.4, 0.5) is 4.79 Å². The first-order valence-corrected chi connectivity index (χ1v) is 7.61. The lowest BCUT2D eigenvalue weighted by Crippen LogP contribution is -2.35. The van der Waals surface area contributed by atoms with E-state index >= 15 is 0 Å². The molecule has 2 fully saturated rings. The molecule has 2 aliphatic heterocycles. The van der Waals surface area contributed by atoms with Crippen molar-refractivity contribution in [2.24, 2.45) is 0 Å². The van der Waals surface area contributed by atoms with Crippen molar-refractivity contribution in [3.63, 3.8) is 0 Å². The molecule has 6 nitrogen and oxygen atoms in total. The molecular formula is C16H19N3O3. The van der Waals surface area contributed by atoms with Crippen molar-refractivity contribution in [2.75, 3.05) is 19.6 Å². The van der Waals surface area contributed by atoms with Gasteiger partial charge in [-0.1, -0.05) is 12.1 Å². The normalized spacial score (nSPS) is 18.5. The van der Waals surface area contributed by atoms with Gasteiger partial charge in [0.1, 0.15) is 0 Å². The topological polar surface area (TPSA) is 69.7 Å². The molecule has 116 valence electrons. The van der Waals surface area contributed by atoms with Gasteiger partial charge < -0.3 is 10.2 Å². The quantitative estimate of drug-likeness (QED) is 0.857. The Morgan fingerprint density at radius 1 is 1.05 bits per heavy atom. The Morgan fingerprint density at radius 2 is 1.73 bits per heavy atom. The third-order valence-electron chi connectivity index (χ3n) is 4.12. The van der Waals surface area contributed by atoms with Crippen molar-refractivity contribution < 1.29 is 14.4 Å². The molecule has 0 bridgehead atoms. The molecule has 6 heteroatoms. The van der Waals surface area contributed by atoms with Crippen LogP contribution < -0.4 is 5.32 Å². The molecule has 0 atom stereocenters. The highest BCUT2D eigenvalue weighted by molar-refractivity contribution is 6.01. The van der Waals surface area contributed by atoms with E-state index in [2.05, 4.69) is 5.32 Å². The summed E-state index contributed by atoms with van der Waals surface area (Å²) in [6.07, 6.45) is 3.32. The highest BCUT2D eigenvalue weighted by atomic mass is 16.2. The predicted octanol–water partition coefficient (Wildman–Crippen LogP) is 1.36. The number of carbonyl (C=O) groups is 3. The molecule has 0 spiro atoms. The van der Waals surface area contributed by atoms with Crippen LogP contribution in [0, 0.1) is 0 Å². The Morgan fingerprint density at radius 3 is 2.32 bits per heavy atom. The number of piperidine rings is 1. The lowest BCUT2D eigenvalue weighted by atomic mass is 10.1. The maximum absolute atomic E-state index is 12.4. The van der Waals surface area contributed by atoms with Gasteiger partial charge in [-0.3, -0.25) is 14.5 Å². The molecule has 0 aliphatic carbocycles. The largest absolute Gasteiger partial charge is 0.339 e. The standard InChI is InChI=1S/C16H19N3O3/c20-14-10-17-16(22)19(14)11-12-4-6-13(7-5-12)15(21)18-8-2-1-3-9-18/h4-7H,1-3,8-11H2,(H,17,22). The number of benzene rings is 1. The summed E-state index contributed by atoms with van der Waals surface area (Å²) in [5.41, 5.74) is 1.49. The van der Waals surface area contributed by atoms with Crippen LogP contribution in [0.25, 0.3) is 0 Å². The average Bonchev–Trinajstić information content (AvgIpc) is 2.88. The molecule has 1 aromatic rings. The van der Waals surface area contributed by atoms with Crippen LogP contribution >= 0.6 is 0 Å². The summed E-state index contributed by atoms with van der Waals surface area (Å²) < 4.78 is 0. The van der Waals surface area contributed by atoms with E-state index in [0.29, 0.717) is 5.56 Å². The zero-order chi connectivity index (χ0) is 15.5. The van der Waals surface area contributed by atoms with E-state index in [1.165, 1.54) is 11.3 Å². The first-order chi connectivity index (χ1) is 10.6. The second-order valence-corrected chi connectivity index (χ2v) is 5.69. The van der Waals surface area contributed by atoms with Gasteiger partial charge >= 0.3 is 6.03 Å². The fourth-order valence-corrected chi connectivity index (χ4v) is 2.83. The number of nitrogens with one attached hydrogen (secondary N) is 1. The fraction of sp³-hybridized carbons (Fsp3) is 0.438. The minimum Gasteiger partial charge on any atom is -0.339 e. The monoisotopic (exact) mass is 301 g/mol. The summed E-state index contributed by atoms with van der Waals surface area (Å²) in [6.45, 7) is 1.94. The van der Waals surface area contributed by atoms with Crippen molar-refractivity contribution in [2.45, 2.75) is 25.8 Å². The van der Waals surface area contributed by atoms with Gasteiger partial charge in [0.15, 0.2) is 0 Å². The highest BCUT2D eigenvalue weighted by Crippen LogP contribution is 2.15. The smallest absolute Gasteiger partial charge is 0.324 e. The van der Waals surface area contributed by atoms with Crippen LogP contribution in [-0.2, 0) is 11.3 Å². The zero-order valence-corrected chi connectivity index (χ0v) is 12.4. The molecule has 2 heterocycles. The van der Waals surface area contributed by atoms with E-state index in [1.54, 1.807) is 24.3 Å². The minimum atomic E-state index is -0.363. The van der Waals surface area contributed by atoms with Crippen molar-refractivity contribution in [1.29, 1.82) is 0 Å². The molecule has 3 rings (SSSR count). The molecule has 22 heavy (non-hydrogen) atoms. The zero-order valence-electron chi connectivity index (χ0n) is 12.4. The highest BCUT2D eigenvalue weighted by Gasteiger charge is 2.28. The molecule has 0 saturated carbocycles. The van der Waals surface area contributed by atoms with Gasteiger partial charge in [-0.05, 0) is 37.0 Å². The molecule has 0 radical (unpaired) electrons. The van der Waals surface area contributed by atoms with Crippen LogP contribution in [0.5, 0.6) is 0 Å². The summed E-state index contributed by atoms with van der Waals surface area (Å²) in [4.78, 5) is 38.5. The van der Waals surface area contributed by atoms with Crippen LogP contribution in [0.3, 0.4) is 0 Å². The van der Waals surface area contributed by atoms with Gasteiger partial charge in [0, 0.05) is 18.7 Å². The van der Waals surface area contributed by atoms with Crippen LogP contribution in [0.1, 0.15) is 35.2 Å². The number of likely N-dealkylation sites (tertiary alicyclic amines) is 1. The summed E-state index contributed by atoms with van der Waals surface area (Å²) in [5.74, 6) is -0.167. The third-order valence-corrected chi connectivity index (χ3v) is 4.12. The molecule has 4 amide bonds. The Bertz CT molecular complexity index is 575. The summed E-state index contributed by atoms with van der Waals surface area (Å²) in [5, 5.41) is 2.49. The molecule has 2 aliphatic rings. The van der Waals surface area contributed by atoms with E-state index < -0.39 is 0 Å². The lowest BCUT2D eigenvalue weighted by molar-refractivity contribution is -0.125. The van der Waals surface area contributed by atoms with Crippen LogP contribution in [0.2, 0.25) is 0 Å². The number of rotatable bonds is 3. The molecule has 2 saturated heterocycles. The maximum Gasteiger partial charge on any atom is 0.324 e. The lowest BCUT2D eigenvalue weighted by Gasteiger charge is -2.26. The Kier molecular flexibility index (Phi) is 4.09. The first-order valence-electron chi connectivity index (χ1n) is 7.61. The van der Waals surface area contributed by atoms with Gasteiger partial charge in [-0.15, -0.1) is 0 Å². The first kappa shape index (κ1) is 14.6. The van der Waals surface area contributed by atoms with Crippen LogP contribution in [0.15, 0.2) is 24.3 Å².